The molecule has 4 aromatic rings. The Bertz CT molecular complexity index is 1350. The summed E-state index contributed by atoms with van der Waals surface area (Å²) in [5.74, 6) is 3.26. The first-order valence-corrected chi connectivity index (χ1v) is 12.5. The highest BCUT2D eigenvalue weighted by atomic mass is 32.1. The fraction of sp³-hybridized carbons (Fsp3) is 0.308. The third-order valence-electron chi connectivity index (χ3n) is 6.27. The van der Waals surface area contributed by atoms with Crippen molar-refractivity contribution in [2.75, 3.05) is 43.1 Å². The molecule has 1 aliphatic rings. The van der Waals surface area contributed by atoms with Crippen LogP contribution in [0.1, 0.15) is 26.6 Å². The zero-order valence-corrected chi connectivity index (χ0v) is 20.9. The molecule has 0 atom stereocenters. The fourth-order valence-corrected chi connectivity index (χ4v) is 5.60. The number of ether oxygens (including phenoxy) is 1. The van der Waals surface area contributed by atoms with Gasteiger partial charge in [-0.05, 0) is 37.6 Å². The molecule has 180 valence electrons. The number of methoxy groups -OCH3 is 1. The molecule has 1 N–H and O–H groups in total. The molecule has 1 amide bonds. The van der Waals surface area contributed by atoms with Gasteiger partial charge < -0.3 is 19.9 Å². The van der Waals surface area contributed by atoms with E-state index in [2.05, 4.69) is 25.1 Å². The van der Waals surface area contributed by atoms with Gasteiger partial charge in [0, 0.05) is 44.5 Å². The van der Waals surface area contributed by atoms with Crippen molar-refractivity contribution < 1.29 is 9.53 Å². The average Bonchev–Trinajstić information content (AvgIpc) is 3.23. The van der Waals surface area contributed by atoms with Crippen LogP contribution in [0.4, 0.5) is 11.6 Å². The molecule has 0 aliphatic carbocycles. The van der Waals surface area contributed by atoms with Gasteiger partial charge in [-0.15, -0.1) is 11.3 Å². The van der Waals surface area contributed by atoms with Crippen molar-refractivity contribution in [3.05, 3.63) is 70.5 Å². The summed E-state index contributed by atoms with van der Waals surface area (Å²) < 4.78 is 5.41. The van der Waals surface area contributed by atoms with Crippen LogP contribution in [0.25, 0.3) is 10.2 Å². The molecule has 0 radical (unpaired) electrons. The number of hydrogen-bond donors (Lipinski definition) is 1. The molecule has 5 rings (SSSR count). The average molecular weight is 489 g/mol. The van der Waals surface area contributed by atoms with E-state index in [1.54, 1.807) is 7.11 Å². The van der Waals surface area contributed by atoms with Gasteiger partial charge in [0.25, 0.3) is 5.91 Å². The Morgan fingerprint density at radius 1 is 1.03 bits per heavy atom. The Hall–Kier alpha value is -3.72. The molecule has 0 saturated carbocycles. The predicted molar refractivity (Wildman–Crippen MR) is 140 cm³/mol. The first-order valence-electron chi connectivity index (χ1n) is 11.6. The number of fused-ring (bicyclic) bond motifs is 1. The molecule has 4 heterocycles. The van der Waals surface area contributed by atoms with E-state index in [0.29, 0.717) is 17.2 Å². The number of carbonyl (C=O) groups excluding carboxylic acids is 1. The minimum Gasteiger partial charge on any atom is -0.496 e. The summed E-state index contributed by atoms with van der Waals surface area (Å²) >= 11 is 1.43. The Morgan fingerprint density at radius 2 is 1.77 bits per heavy atom. The SMILES string of the molecule is COc1ccccc1CNC(=O)c1sc2nc(C)nc(N3CCN(c4ccccn4)CC3)c2c1C. The largest absolute Gasteiger partial charge is 0.496 e. The van der Waals surface area contributed by atoms with Crippen LogP contribution in [-0.4, -0.2) is 54.1 Å². The Kier molecular flexibility index (Phi) is 6.50. The minimum absolute atomic E-state index is 0.111. The van der Waals surface area contributed by atoms with Crippen molar-refractivity contribution in [1.29, 1.82) is 0 Å². The second kappa shape index (κ2) is 9.87. The summed E-state index contributed by atoms with van der Waals surface area (Å²) in [5.41, 5.74) is 1.86. The third kappa shape index (κ3) is 4.64. The maximum Gasteiger partial charge on any atom is 0.261 e. The van der Waals surface area contributed by atoms with E-state index in [9.17, 15) is 4.79 Å². The maximum atomic E-state index is 13.2. The molecular formula is C26H28N6O2S. The van der Waals surface area contributed by atoms with Crippen LogP contribution in [-0.2, 0) is 6.54 Å². The highest BCUT2D eigenvalue weighted by Gasteiger charge is 2.25. The van der Waals surface area contributed by atoms with Crippen LogP contribution < -0.4 is 19.9 Å². The van der Waals surface area contributed by atoms with Crippen molar-refractivity contribution in [1.82, 2.24) is 20.3 Å². The van der Waals surface area contributed by atoms with Crippen LogP contribution in [0.3, 0.4) is 0 Å². The zero-order chi connectivity index (χ0) is 24.4. The van der Waals surface area contributed by atoms with E-state index < -0.39 is 0 Å². The molecule has 35 heavy (non-hydrogen) atoms. The number of piperazine rings is 1. The highest BCUT2D eigenvalue weighted by Crippen LogP contribution is 2.36. The number of carbonyl (C=O) groups is 1. The van der Waals surface area contributed by atoms with Crippen LogP contribution >= 0.6 is 11.3 Å². The predicted octanol–water partition coefficient (Wildman–Crippen LogP) is 3.97. The number of rotatable bonds is 6. The molecule has 1 aromatic carbocycles. The van der Waals surface area contributed by atoms with Crippen molar-refractivity contribution >= 4 is 39.1 Å². The van der Waals surface area contributed by atoms with Crippen molar-refractivity contribution in [2.45, 2.75) is 20.4 Å². The minimum atomic E-state index is -0.111. The van der Waals surface area contributed by atoms with Gasteiger partial charge in [0.05, 0.1) is 17.4 Å². The lowest BCUT2D eigenvalue weighted by atomic mass is 10.1. The van der Waals surface area contributed by atoms with Gasteiger partial charge in [-0.1, -0.05) is 24.3 Å². The number of thiophene rings is 1. The summed E-state index contributed by atoms with van der Waals surface area (Å²) in [7, 11) is 1.63. The first-order chi connectivity index (χ1) is 17.0. The number of benzene rings is 1. The van der Waals surface area contributed by atoms with E-state index >= 15 is 0 Å². The number of nitrogens with one attached hydrogen (secondary N) is 1. The van der Waals surface area contributed by atoms with E-state index in [1.165, 1.54) is 11.3 Å². The van der Waals surface area contributed by atoms with E-state index in [0.717, 1.165) is 64.9 Å². The number of aromatic nitrogens is 3. The van der Waals surface area contributed by atoms with Crippen molar-refractivity contribution in [3.8, 4) is 5.75 Å². The molecule has 3 aromatic heterocycles. The van der Waals surface area contributed by atoms with Gasteiger partial charge in [0.2, 0.25) is 0 Å². The van der Waals surface area contributed by atoms with E-state index in [4.69, 9.17) is 9.72 Å². The molecule has 9 heteroatoms. The molecule has 0 bridgehead atoms. The first kappa shape index (κ1) is 23.0. The van der Waals surface area contributed by atoms with Gasteiger partial charge in [0.15, 0.2) is 0 Å². The number of hydrogen-bond acceptors (Lipinski definition) is 8. The summed E-state index contributed by atoms with van der Waals surface area (Å²) in [6, 6.07) is 13.7. The summed E-state index contributed by atoms with van der Waals surface area (Å²) in [6.07, 6.45) is 1.83. The van der Waals surface area contributed by atoms with Crippen molar-refractivity contribution in [3.63, 3.8) is 0 Å². The Labute approximate surface area is 208 Å². The number of para-hydroxylation sites is 1. The van der Waals surface area contributed by atoms with E-state index in [1.807, 2.05) is 62.5 Å². The summed E-state index contributed by atoms with van der Waals surface area (Å²) in [5, 5.41) is 4.01. The van der Waals surface area contributed by atoms with Crippen LogP contribution in [0.5, 0.6) is 5.75 Å². The molecule has 8 nitrogen and oxygen atoms in total. The van der Waals surface area contributed by atoms with Gasteiger partial charge in [-0.3, -0.25) is 4.79 Å². The Balaban J connectivity index is 1.38. The van der Waals surface area contributed by atoms with Crippen LogP contribution in [0, 0.1) is 13.8 Å². The molecule has 0 unspecified atom stereocenters. The smallest absolute Gasteiger partial charge is 0.261 e. The summed E-state index contributed by atoms with van der Waals surface area (Å²) in [6.45, 7) is 7.66. The molecular weight excluding hydrogens is 460 g/mol. The van der Waals surface area contributed by atoms with E-state index in [-0.39, 0.29) is 5.91 Å². The Morgan fingerprint density at radius 3 is 2.51 bits per heavy atom. The summed E-state index contributed by atoms with van der Waals surface area (Å²) in [4.78, 5) is 33.2. The molecule has 1 saturated heterocycles. The van der Waals surface area contributed by atoms with Crippen LogP contribution in [0.2, 0.25) is 0 Å². The second-order valence-electron chi connectivity index (χ2n) is 8.49. The van der Waals surface area contributed by atoms with Gasteiger partial charge in [0.1, 0.15) is 28.0 Å². The van der Waals surface area contributed by atoms with Gasteiger partial charge in [-0.2, -0.15) is 0 Å². The third-order valence-corrected chi connectivity index (χ3v) is 7.46. The lowest BCUT2D eigenvalue weighted by molar-refractivity contribution is 0.0954. The monoisotopic (exact) mass is 488 g/mol. The number of amides is 1. The quantitative estimate of drug-likeness (QED) is 0.440. The lowest BCUT2D eigenvalue weighted by Crippen LogP contribution is -2.47. The number of anilines is 2. The maximum absolute atomic E-state index is 13.2. The highest BCUT2D eigenvalue weighted by molar-refractivity contribution is 7.20. The normalized spacial score (nSPS) is 13.8. The standard InChI is InChI=1S/C26H28N6O2S/c1-17-22-24(32-14-12-31(13-15-32)21-10-6-7-11-27-21)29-18(2)30-26(22)35-23(17)25(33)28-16-19-8-4-5-9-20(19)34-3/h4-11H,12-16H2,1-3H3,(H,28,33). The molecule has 1 aliphatic heterocycles. The molecule has 1 fully saturated rings. The lowest BCUT2D eigenvalue weighted by Gasteiger charge is -2.36. The number of nitrogens with zero attached hydrogens (tertiary/aromatic N) is 5. The zero-order valence-electron chi connectivity index (χ0n) is 20.1. The molecule has 0 spiro atoms. The van der Waals surface area contributed by atoms with Gasteiger partial charge >= 0.3 is 0 Å². The number of pyridine rings is 1. The number of aryl methyl sites for hydroxylation is 2. The fourth-order valence-electron chi connectivity index (χ4n) is 4.46. The van der Waals surface area contributed by atoms with Gasteiger partial charge in [-0.25, -0.2) is 15.0 Å². The second-order valence-corrected chi connectivity index (χ2v) is 9.49. The topological polar surface area (TPSA) is 83.5 Å². The van der Waals surface area contributed by atoms with Crippen molar-refractivity contribution in [2.24, 2.45) is 0 Å². The van der Waals surface area contributed by atoms with Crippen LogP contribution in [0.15, 0.2) is 48.7 Å².